The quantitative estimate of drug-likeness (QED) is 0.596. The maximum Gasteiger partial charge on any atom is 0.269 e. The SMILES string of the molecule is CN(C)CCN1C(=O)CN(C(=O)c2ccc([N+](=O)[O-])cc2)c2ccccc21. The zero-order valence-electron chi connectivity index (χ0n) is 15.2. The molecule has 140 valence electrons. The van der Waals surface area contributed by atoms with Gasteiger partial charge in [-0.3, -0.25) is 24.6 Å². The van der Waals surface area contributed by atoms with Gasteiger partial charge in [0.25, 0.3) is 11.6 Å². The summed E-state index contributed by atoms with van der Waals surface area (Å²) in [5.74, 6) is -0.524. The van der Waals surface area contributed by atoms with E-state index in [1.54, 1.807) is 11.0 Å². The van der Waals surface area contributed by atoms with E-state index < -0.39 is 4.92 Å². The Morgan fingerprint density at radius 2 is 1.74 bits per heavy atom. The van der Waals surface area contributed by atoms with Crippen molar-refractivity contribution in [1.82, 2.24) is 4.90 Å². The molecule has 0 aromatic heterocycles. The smallest absolute Gasteiger partial charge is 0.269 e. The monoisotopic (exact) mass is 368 g/mol. The highest BCUT2D eigenvalue weighted by molar-refractivity contribution is 6.15. The number of nitrogens with zero attached hydrogens (tertiary/aromatic N) is 4. The van der Waals surface area contributed by atoms with Crippen molar-refractivity contribution in [3.63, 3.8) is 0 Å². The van der Waals surface area contributed by atoms with Crippen LogP contribution in [-0.2, 0) is 4.79 Å². The molecule has 3 rings (SSSR count). The molecule has 0 aliphatic carbocycles. The molecule has 1 aliphatic rings. The highest BCUT2D eigenvalue weighted by atomic mass is 16.6. The normalized spacial score (nSPS) is 13.7. The van der Waals surface area contributed by atoms with Crippen molar-refractivity contribution in [3.8, 4) is 0 Å². The number of anilines is 2. The van der Waals surface area contributed by atoms with Gasteiger partial charge in [0.05, 0.1) is 16.3 Å². The number of fused-ring (bicyclic) bond motifs is 1. The summed E-state index contributed by atoms with van der Waals surface area (Å²) < 4.78 is 0. The molecule has 8 nitrogen and oxygen atoms in total. The highest BCUT2D eigenvalue weighted by Gasteiger charge is 2.32. The minimum Gasteiger partial charge on any atom is -0.308 e. The number of benzene rings is 2. The largest absolute Gasteiger partial charge is 0.308 e. The summed E-state index contributed by atoms with van der Waals surface area (Å²) in [7, 11) is 3.87. The third kappa shape index (κ3) is 3.80. The number of likely N-dealkylation sites (N-methyl/N-ethyl adjacent to an activating group) is 1. The van der Waals surface area contributed by atoms with E-state index >= 15 is 0 Å². The van der Waals surface area contributed by atoms with Gasteiger partial charge in [0.1, 0.15) is 6.54 Å². The number of hydrogen-bond donors (Lipinski definition) is 0. The molecule has 0 radical (unpaired) electrons. The van der Waals surface area contributed by atoms with Crippen molar-refractivity contribution < 1.29 is 14.5 Å². The average Bonchev–Trinajstić information content (AvgIpc) is 2.66. The number of hydrogen-bond acceptors (Lipinski definition) is 5. The van der Waals surface area contributed by atoms with Crippen LogP contribution in [-0.4, -0.2) is 55.4 Å². The van der Waals surface area contributed by atoms with E-state index in [4.69, 9.17) is 0 Å². The molecule has 0 unspecified atom stereocenters. The standard InChI is InChI=1S/C19H20N4O4/c1-20(2)11-12-21-16-5-3-4-6-17(16)22(13-18(21)24)19(25)14-7-9-15(10-8-14)23(26)27/h3-10H,11-13H2,1-2H3. The molecule has 0 N–H and O–H groups in total. The first-order valence-corrected chi connectivity index (χ1v) is 8.49. The molecule has 1 aliphatic heterocycles. The average molecular weight is 368 g/mol. The Labute approximate surface area is 156 Å². The minimum absolute atomic E-state index is 0.0692. The van der Waals surface area contributed by atoms with Crippen LogP contribution in [0.15, 0.2) is 48.5 Å². The van der Waals surface area contributed by atoms with Crippen molar-refractivity contribution in [2.24, 2.45) is 0 Å². The van der Waals surface area contributed by atoms with E-state index in [-0.39, 0.29) is 24.0 Å². The van der Waals surface area contributed by atoms with Gasteiger partial charge in [-0.2, -0.15) is 0 Å². The molecular formula is C19H20N4O4. The van der Waals surface area contributed by atoms with Crippen LogP contribution in [0.4, 0.5) is 17.1 Å². The number of rotatable bonds is 5. The molecule has 2 aromatic rings. The Hall–Kier alpha value is -3.26. The van der Waals surface area contributed by atoms with Crippen LogP contribution < -0.4 is 9.80 Å². The molecule has 2 amide bonds. The van der Waals surface area contributed by atoms with Gasteiger partial charge in [-0.25, -0.2) is 0 Å². The second-order valence-electron chi connectivity index (χ2n) is 6.53. The van der Waals surface area contributed by atoms with Crippen molar-refractivity contribution in [3.05, 3.63) is 64.2 Å². The lowest BCUT2D eigenvalue weighted by Gasteiger charge is -2.36. The minimum atomic E-state index is -0.517. The Morgan fingerprint density at radius 1 is 1.11 bits per heavy atom. The zero-order chi connectivity index (χ0) is 19.6. The Bertz CT molecular complexity index is 880. The number of carbonyl (C=O) groups is 2. The topological polar surface area (TPSA) is 87.0 Å². The fourth-order valence-corrected chi connectivity index (χ4v) is 2.97. The lowest BCUT2D eigenvalue weighted by atomic mass is 10.1. The lowest BCUT2D eigenvalue weighted by molar-refractivity contribution is -0.384. The maximum absolute atomic E-state index is 12.9. The molecule has 1 heterocycles. The van der Waals surface area contributed by atoms with E-state index in [9.17, 15) is 19.7 Å². The number of carbonyl (C=O) groups excluding carboxylic acids is 2. The Kier molecular flexibility index (Phi) is 5.18. The number of nitro benzene ring substituents is 1. The van der Waals surface area contributed by atoms with Gasteiger partial charge in [-0.1, -0.05) is 12.1 Å². The van der Waals surface area contributed by atoms with Crippen LogP contribution in [0.5, 0.6) is 0 Å². The molecule has 27 heavy (non-hydrogen) atoms. The number of amides is 2. The summed E-state index contributed by atoms with van der Waals surface area (Å²) in [4.78, 5) is 41.0. The fraction of sp³-hybridized carbons (Fsp3) is 0.263. The van der Waals surface area contributed by atoms with Gasteiger partial charge < -0.3 is 9.80 Å². The Morgan fingerprint density at radius 3 is 2.33 bits per heavy atom. The summed E-state index contributed by atoms with van der Waals surface area (Å²) in [6.45, 7) is 1.17. The fourth-order valence-electron chi connectivity index (χ4n) is 2.97. The van der Waals surface area contributed by atoms with E-state index in [0.29, 0.717) is 30.0 Å². The summed E-state index contributed by atoms with van der Waals surface area (Å²) in [5.41, 5.74) is 1.55. The summed E-state index contributed by atoms with van der Waals surface area (Å²) in [6, 6.07) is 12.6. The van der Waals surface area contributed by atoms with E-state index in [1.807, 2.05) is 37.2 Å². The number of para-hydroxylation sites is 2. The van der Waals surface area contributed by atoms with Gasteiger partial charge in [-0.15, -0.1) is 0 Å². The van der Waals surface area contributed by atoms with Crippen LogP contribution >= 0.6 is 0 Å². The van der Waals surface area contributed by atoms with E-state index in [2.05, 4.69) is 0 Å². The lowest BCUT2D eigenvalue weighted by Crippen LogP contribution is -2.49. The first kappa shape index (κ1) is 18.5. The van der Waals surface area contributed by atoms with Crippen LogP contribution in [0.1, 0.15) is 10.4 Å². The van der Waals surface area contributed by atoms with Gasteiger partial charge in [0.2, 0.25) is 5.91 Å². The first-order chi connectivity index (χ1) is 12.9. The molecule has 0 spiro atoms. The van der Waals surface area contributed by atoms with Crippen LogP contribution in [0.2, 0.25) is 0 Å². The van der Waals surface area contributed by atoms with Gasteiger partial charge in [0.15, 0.2) is 0 Å². The predicted molar refractivity (Wildman–Crippen MR) is 102 cm³/mol. The highest BCUT2D eigenvalue weighted by Crippen LogP contribution is 2.34. The predicted octanol–water partition coefficient (Wildman–Crippen LogP) is 2.15. The van der Waals surface area contributed by atoms with Crippen LogP contribution in [0, 0.1) is 10.1 Å². The summed E-state index contributed by atoms with van der Waals surface area (Å²) in [6.07, 6.45) is 0. The Balaban J connectivity index is 1.91. The first-order valence-electron chi connectivity index (χ1n) is 8.49. The van der Waals surface area contributed by atoms with Crippen molar-refractivity contribution in [1.29, 1.82) is 0 Å². The van der Waals surface area contributed by atoms with E-state index in [0.717, 1.165) is 0 Å². The van der Waals surface area contributed by atoms with E-state index in [1.165, 1.54) is 29.2 Å². The molecular weight excluding hydrogens is 348 g/mol. The third-order valence-electron chi connectivity index (χ3n) is 4.40. The van der Waals surface area contributed by atoms with Gasteiger partial charge >= 0.3 is 0 Å². The van der Waals surface area contributed by atoms with Gasteiger partial charge in [-0.05, 0) is 38.4 Å². The second kappa shape index (κ2) is 7.55. The van der Waals surface area contributed by atoms with Crippen molar-refractivity contribution >= 4 is 28.9 Å². The molecule has 0 fully saturated rings. The molecule has 0 saturated heterocycles. The molecule has 2 aromatic carbocycles. The second-order valence-corrected chi connectivity index (χ2v) is 6.53. The maximum atomic E-state index is 12.9. The molecule has 0 bridgehead atoms. The van der Waals surface area contributed by atoms with Crippen molar-refractivity contribution in [2.45, 2.75) is 0 Å². The molecule has 8 heteroatoms. The van der Waals surface area contributed by atoms with Gasteiger partial charge in [0, 0.05) is 30.8 Å². The molecule has 0 atom stereocenters. The zero-order valence-corrected chi connectivity index (χ0v) is 15.2. The number of nitro groups is 1. The summed E-state index contributed by atoms with van der Waals surface area (Å²) >= 11 is 0. The third-order valence-corrected chi connectivity index (χ3v) is 4.40. The van der Waals surface area contributed by atoms with Crippen LogP contribution in [0.25, 0.3) is 0 Å². The van der Waals surface area contributed by atoms with Crippen molar-refractivity contribution in [2.75, 3.05) is 43.5 Å². The summed E-state index contributed by atoms with van der Waals surface area (Å²) in [5, 5.41) is 10.8. The van der Waals surface area contributed by atoms with Crippen LogP contribution in [0.3, 0.4) is 0 Å². The molecule has 0 saturated carbocycles. The number of non-ortho nitro benzene ring substituents is 1.